The lowest BCUT2D eigenvalue weighted by molar-refractivity contribution is 0.0926. The Morgan fingerprint density at radius 3 is 1.76 bits per heavy atom. The van der Waals surface area contributed by atoms with Gasteiger partial charge in [-0.1, -0.05) is 24.3 Å². The van der Waals surface area contributed by atoms with Gasteiger partial charge in [0.05, 0.1) is 16.8 Å². The van der Waals surface area contributed by atoms with Crippen molar-refractivity contribution in [2.24, 2.45) is 0 Å². The first-order chi connectivity index (χ1) is 12.2. The topological polar surface area (TPSA) is 50.3 Å². The second-order valence-corrected chi connectivity index (χ2v) is 6.01. The Morgan fingerprint density at radius 1 is 0.680 bits per heavy atom. The lowest BCUT2D eigenvalue weighted by atomic mass is 10.0. The number of hydrogen-bond donors (Lipinski definition) is 0. The molecule has 4 nitrogen and oxygen atoms in total. The molecule has 0 unspecified atom stereocenters. The maximum absolute atomic E-state index is 12.5. The number of benzene rings is 2. The van der Waals surface area contributed by atoms with Crippen molar-refractivity contribution in [3.8, 4) is 0 Å². The second kappa shape index (κ2) is 6.32. The fraction of sp³-hybridized carbons (Fsp3) is 0.0952. The standard InChI is InChI=1S/C21H16N2O2/c24-20-18-3-1-2-4-19(18)21(25)23(20)17-9-7-15(8-10-17)5-6-16-11-13-22-14-12-16/h1-4,7-14H,5-6H2. The van der Waals surface area contributed by atoms with Crippen LogP contribution in [0.3, 0.4) is 0 Å². The first-order valence-corrected chi connectivity index (χ1v) is 8.20. The number of amides is 2. The van der Waals surface area contributed by atoms with Crippen LogP contribution in [0.25, 0.3) is 0 Å². The van der Waals surface area contributed by atoms with E-state index in [1.807, 2.05) is 36.4 Å². The fourth-order valence-corrected chi connectivity index (χ4v) is 3.07. The van der Waals surface area contributed by atoms with E-state index in [-0.39, 0.29) is 11.8 Å². The van der Waals surface area contributed by atoms with E-state index in [2.05, 4.69) is 4.98 Å². The molecule has 2 aromatic carbocycles. The number of fused-ring (bicyclic) bond motifs is 1. The molecule has 0 aliphatic carbocycles. The third-order valence-electron chi connectivity index (χ3n) is 4.44. The largest absolute Gasteiger partial charge is 0.268 e. The minimum absolute atomic E-state index is 0.259. The highest BCUT2D eigenvalue weighted by Gasteiger charge is 2.36. The predicted molar refractivity (Wildman–Crippen MR) is 95.7 cm³/mol. The maximum atomic E-state index is 12.5. The molecular formula is C21H16N2O2. The van der Waals surface area contributed by atoms with Gasteiger partial charge in [-0.2, -0.15) is 0 Å². The number of pyridine rings is 1. The predicted octanol–water partition coefficient (Wildman–Crippen LogP) is 3.67. The Balaban J connectivity index is 1.51. The zero-order chi connectivity index (χ0) is 17.2. The molecule has 0 bridgehead atoms. The number of carbonyl (C=O) groups is 2. The van der Waals surface area contributed by atoms with Gasteiger partial charge >= 0.3 is 0 Å². The van der Waals surface area contributed by atoms with Gasteiger partial charge in [0.1, 0.15) is 0 Å². The van der Waals surface area contributed by atoms with E-state index in [9.17, 15) is 9.59 Å². The second-order valence-electron chi connectivity index (χ2n) is 6.01. The molecule has 122 valence electrons. The van der Waals surface area contributed by atoms with Crippen molar-refractivity contribution in [1.29, 1.82) is 0 Å². The van der Waals surface area contributed by atoms with Gasteiger partial charge in [0, 0.05) is 12.4 Å². The molecule has 4 rings (SSSR count). The molecule has 0 radical (unpaired) electrons. The summed E-state index contributed by atoms with van der Waals surface area (Å²) in [5.41, 5.74) is 3.94. The van der Waals surface area contributed by atoms with Crippen LogP contribution in [0.1, 0.15) is 31.8 Å². The molecule has 1 aliphatic rings. The van der Waals surface area contributed by atoms with Crippen LogP contribution < -0.4 is 4.90 Å². The summed E-state index contributed by atoms with van der Waals surface area (Å²) >= 11 is 0. The van der Waals surface area contributed by atoms with Gasteiger partial charge in [-0.15, -0.1) is 0 Å². The molecule has 0 saturated heterocycles. The summed E-state index contributed by atoms with van der Waals surface area (Å²) in [6, 6.07) is 18.6. The molecule has 1 aromatic heterocycles. The first-order valence-electron chi connectivity index (χ1n) is 8.20. The number of nitrogens with zero attached hydrogens (tertiary/aromatic N) is 2. The lowest BCUT2D eigenvalue weighted by Crippen LogP contribution is -2.29. The molecule has 0 spiro atoms. The molecule has 2 amide bonds. The van der Waals surface area contributed by atoms with Gasteiger partial charge in [0.25, 0.3) is 11.8 Å². The van der Waals surface area contributed by atoms with Crippen molar-refractivity contribution in [2.45, 2.75) is 12.8 Å². The van der Waals surface area contributed by atoms with Crippen molar-refractivity contribution in [2.75, 3.05) is 4.90 Å². The van der Waals surface area contributed by atoms with E-state index in [1.54, 1.807) is 36.7 Å². The van der Waals surface area contributed by atoms with Crippen LogP contribution in [0.2, 0.25) is 0 Å². The van der Waals surface area contributed by atoms with E-state index in [4.69, 9.17) is 0 Å². The molecule has 25 heavy (non-hydrogen) atoms. The number of imide groups is 1. The Morgan fingerprint density at radius 2 is 1.20 bits per heavy atom. The summed E-state index contributed by atoms with van der Waals surface area (Å²) in [5.74, 6) is -0.518. The van der Waals surface area contributed by atoms with Crippen LogP contribution in [-0.4, -0.2) is 16.8 Å². The van der Waals surface area contributed by atoms with E-state index in [0.717, 1.165) is 18.4 Å². The highest BCUT2D eigenvalue weighted by Crippen LogP contribution is 2.28. The quantitative estimate of drug-likeness (QED) is 0.687. The molecule has 4 heteroatoms. The van der Waals surface area contributed by atoms with Gasteiger partial charge in [0.2, 0.25) is 0 Å². The average Bonchev–Trinajstić information content (AvgIpc) is 2.93. The zero-order valence-corrected chi connectivity index (χ0v) is 13.6. The molecular weight excluding hydrogens is 312 g/mol. The number of aromatic nitrogens is 1. The van der Waals surface area contributed by atoms with Crippen LogP contribution in [0, 0.1) is 0 Å². The highest BCUT2D eigenvalue weighted by atomic mass is 16.2. The van der Waals surface area contributed by atoms with Crippen LogP contribution in [0.5, 0.6) is 0 Å². The minimum Gasteiger partial charge on any atom is -0.268 e. The Kier molecular flexibility index (Phi) is 3.86. The highest BCUT2D eigenvalue weighted by molar-refractivity contribution is 6.34. The molecule has 1 aliphatic heterocycles. The van der Waals surface area contributed by atoms with Gasteiger partial charge in [-0.05, 0) is 60.4 Å². The molecule has 0 atom stereocenters. The number of carbonyl (C=O) groups excluding carboxylic acids is 2. The third-order valence-corrected chi connectivity index (χ3v) is 4.44. The van der Waals surface area contributed by atoms with Crippen molar-refractivity contribution < 1.29 is 9.59 Å². The number of rotatable bonds is 4. The lowest BCUT2D eigenvalue weighted by Gasteiger charge is -2.14. The summed E-state index contributed by atoms with van der Waals surface area (Å²) in [7, 11) is 0. The summed E-state index contributed by atoms with van der Waals surface area (Å²) in [6.45, 7) is 0. The summed E-state index contributed by atoms with van der Waals surface area (Å²) in [4.78, 5) is 30.3. The Hall–Kier alpha value is -3.27. The van der Waals surface area contributed by atoms with E-state index in [0.29, 0.717) is 16.8 Å². The van der Waals surface area contributed by atoms with Gasteiger partial charge in [-0.25, -0.2) is 4.90 Å². The Labute approximate surface area is 145 Å². The third kappa shape index (κ3) is 2.83. The molecule has 0 saturated carbocycles. The minimum atomic E-state index is -0.259. The van der Waals surface area contributed by atoms with Gasteiger partial charge in [-0.3, -0.25) is 14.6 Å². The van der Waals surface area contributed by atoms with Crippen molar-refractivity contribution in [3.05, 3.63) is 95.3 Å². The van der Waals surface area contributed by atoms with Gasteiger partial charge in [0.15, 0.2) is 0 Å². The van der Waals surface area contributed by atoms with Crippen molar-refractivity contribution in [1.82, 2.24) is 4.98 Å². The van der Waals surface area contributed by atoms with Crippen molar-refractivity contribution in [3.63, 3.8) is 0 Å². The number of aryl methyl sites for hydroxylation is 2. The fourth-order valence-electron chi connectivity index (χ4n) is 3.07. The smallest absolute Gasteiger partial charge is 0.266 e. The van der Waals surface area contributed by atoms with Crippen LogP contribution in [0.15, 0.2) is 73.1 Å². The van der Waals surface area contributed by atoms with E-state index < -0.39 is 0 Å². The van der Waals surface area contributed by atoms with E-state index in [1.165, 1.54) is 10.5 Å². The molecule has 0 fully saturated rings. The summed E-state index contributed by atoms with van der Waals surface area (Å²) in [5, 5.41) is 0. The van der Waals surface area contributed by atoms with Gasteiger partial charge < -0.3 is 0 Å². The number of hydrogen-bond acceptors (Lipinski definition) is 3. The van der Waals surface area contributed by atoms with E-state index >= 15 is 0 Å². The molecule has 2 heterocycles. The average molecular weight is 328 g/mol. The number of anilines is 1. The maximum Gasteiger partial charge on any atom is 0.266 e. The SMILES string of the molecule is O=C1c2ccccc2C(=O)N1c1ccc(CCc2ccncc2)cc1. The molecule has 0 N–H and O–H groups in total. The first kappa shape index (κ1) is 15.3. The summed E-state index contributed by atoms with van der Waals surface area (Å²) < 4.78 is 0. The normalized spacial score (nSPS) is 13.2. The Bertz CT molecular complexity index is 899. The van der Waals surface area contributed by atoms with Crippen LogP contribution >= 0.6 is 0 Å². The van der Waals surface area contributed by atoms with Crippen molar-refractivity contribution >= 4 is 17.5 Å². The van der Waals surface area contributed by atoms with Crippen LogP contribution in [-0.2, 0) is 12.8 Å². The van der Waals surface area contributed by atoms with Crippen LogP contribution in [0.4, 0.5) is 5.69 Å². The summed E-state index contributed by atoms with van der Waals surface area (Å²) in [6.07, 6.45) is 5.41. The monoisotopic (exact) mass is 328 g/mol. The molecule has 3 aromatic rings. The zero-order valence-electron chi connectivity index (χ0n) is 13.6.